The zero-order valence-corrected chi connectivity index (χ0v) is 14.0. The summed E-state index contributed by atoms with van der Waals surface area (Å²) in [5, 5.41) is 6.68. The third-order valence-electron chi connectivity index (χ3n) is 2.86. The van der Waals surface area contributed by atoms with Crippen LogP contribution in [0.3, 0.4) is 0 Å². The largest absolute Gasteiger partial charge is 0.492 e. The first-order valence-electron chi connectivity index (χ1n) is 6.94. The van der Waals surface area contributed by atoms with Gasteiger partial charge in [-0.15, -0.1) is 0 Å². The van der Waals surface area contributed by atoms with E-state index in [-0.39, 0.29) is 36.9 Å². The molecule has 0 saturated carbocycles. The van der Waals surface area contributed by atoms with Crippen molar-refractivity contribution in [2.45, 2.75) is 6.54 Å². The second kappa shape index (κ2) is 8.28. The number of nitrogens with zero attached hydrogens (tertiary/aromatic N) is 2. The maximum Gasteiger partial charge on any atom is 0.272 e. The Hall–Kier alpha value is -2.41. The number of ether oxygens (including phenoxy) is 1. The Kier molecular flexibility index (Phi) is 6.10. The van der Waals surface area contributed by atoms with Crippen molar-refractivity contribution in [3.05, 3.63) is 69.6 Å². The fourth-order valence-corrected chi connectivity index (χ4v) is 1.90. The monoisotopic (exact) mass is 377 g/mol. The Bertz CT molecular complexity index is 744. The number of carbonyl (C=O) groups is 1. The van der Waals surface area contributed by atoms with Gasteiger partial charge in [0.25, 0.3) is 11.5 Å². The highest BCUT2D eigenvalue weighted by atomic mass is 79.9. The smallest absolute Gasteiger partial charge is 0.272 e. The average molecular weight is 378 g/mol. The van der Waals surface area contributed by atoms with Crippen molar-refractivity contribution in [3.63, 3.8) is 0 Å². The van der Waals surface area contributed by atoms with Crippen molar-refractivity contribution in [2.24, 2.45) is 0 Å². The van der Waals surface area contributed by atoms with Crippen LogP contribution in [0.25, 0.3) is 0 Å². The molecule has 1 heterocycles. The van der Waals surface area contributed by atoms with Crippen LogP contribution < -0.4 is 15.6 Å². The molecule has 0 bridgehead atoms. The van der Waals surface area contributed by atoms with Crippen molar-refractivity contribution < 1.29 is 9.53 Å². The second-order valence-corrected chi connectivity index (χ2v) is 5.76. The second-order valence-electron chi connectivity index (χ2n) is 4.64. The van der Waals surface area contributed by atoms with E-state index in [9.17, 15) is 9.59 Å². The Balaban J connectivity index is 1.98. The lowest BCUT2D eigenvalue weighted by atomic mass is 10.3. The molecule has 1 amide bonds. The Labute approximate surface area is 141 Å². The Morgan fingerprint density at radius 3 is 2.70 bits per heavy atom. The van der Waals surface area contributed by atoms with Crippen LogP contribution in [-0.4, -0.2) is 28.8 Å². The molecule has 120 valence electrons. The molecular weight excluding hydrogens is 362 g/mol. The highest BCUT2D eigenvalue weighted by Gasteiger charge is 2.09. The van der Waals surface area contributed by atoms with Crippen LogP contribution in [0.1, 0.15) is 10.5 Å². The van der Waals surface area contributed by atoms with Gasteiger partial charge >= 0.3 is 0 Å². The highest BCUT2D eigenvalue weighted by Crippen LogP contribution is 2.07. The molecule has 23 heavy (non-hydrogen) atoms. The van der Waals surface area contributed by atoms with Crippen molar-refractivity contribution in [1.29, 1.82) is 0 Å². The molecular formula is C16H16BrN3O3. The van der Waals surface area contributed by atoms with Crippen LogP contribution in [0, 0.1) is 0 Å². The summed E-state index contributed by atoms with van der Waals surface area (Å²) < 4.78 is 7.38. The van der Waals surface area contributed by atoms with Crippen LogP contribution in [0.15, 0.2) is 58.3 Å². The summed E-state index contributed by atoms with van der Waals surface area (Å²) in [6, 6.07) is 12.0. The van der Waals surface area contributed by atoms with E-state index in [1.165, 1.54) is 16.8 Å². The maximum absolute atomic E-state index is 11.9. The van der Waals surface area contributed by atoms with E-state index in [0.717, 1.165) is 0 Å². The number of hydrogen-bond acceptors (Lipinski definition) is 4. The molecule has 0 aliphatic carbocycles. The highest BCUT2D eigenvalue weighted by molar-refractivity contribution is 9.11. The predicted octanol–water partition coefficient (Wildman–Crippen LogP) is 1.96. The number of nitrogens with one attached hydrogen (secondary N) is 1. The lowest BCUT2D eigenvalue weighted by Gasteiger charge is -2.09. The van der Waals surface area contributed by atoms with E-state index < -0.39 is 0 Å². The average Bonchev–Trinajstić information content (AvgIpc) is 2.55. The normalized spacial score (nSPS) is 10.1. The number of aromatic nitrogens is 2. The summed E-state index contributed by atoms with van der Waals surface area (Å²) in [6.45, 7) is 4.45. The van der Waals surface area contributed by atoms with Crippen LogP contribution in [-0.2, 0) is 6.54 Å². The standard InChI is InChI=1S/C16H16BrN3O3/c1-12(17)11-18-16(22)14-7-8-15(21)20(19-14)9-10-23-13-5-3-2-4-6-13/h2-8H,1,9-11H2,(H,18,22). The molecule has 0 aliphatic rings. The van der Waals surface area contributed by atoms with E-state index in [0.29, 0.717) is 10.2 Å². The summed E-state index contributed by atoms with van der Waals surface area (Å²) >= 11 is 3.16. The number of para-hydroxylation sites is 1. The van der Waals surface area contributed by atoms with Crippen LogP contribution in [0.4, 0.5) is 0 Å². The first-order chi connectivity index (χ1) is 11.1. The number of benzene rings is 1. The molecule has 0 fully saturated rings. The Morgan fingerprint density at radius 1 is 1.26 bits per heavy atom. The van der Waals surface area contributed by atoms with E-state index in [1.807, 2.05) is 30.3 Å². The minimum Gasteiger partial charge on any atom is -0.492 e. The minimum atomic E-state index is -0.372. The molecule has 0 spiro atoms. The van der Waals surface area contributed by atoms with E-state index in [2.05, 4.69) is 32.9 Å². The van der Waals surface area contributed by atoms with Gasteiger partial charge in [-0.3, -0.25) is 9.59 Å². The fraction of sp³-hybridized carbons (Fsp3) is 0.188. The van der Waals surface area contributed by atoms with Gasteiger partial charge < -0.3 is 10.1 Å². The number of halogens is 1. The summed E-state index contributed by atoms with van der Waals surface area (Å²) in [6.07, 6.45) is 0. The molecule has 7 heteroatoms. The van der Waals surface area contributed by atoms with Crippen molar-refractivity contribution in [3.8, 4) is 5.75 Å². The molecule has 0 atom stereocenters. The Morgan fingerprint density at radius 2 is 2.00 bits per heavy atom. The van der Waals surface area contributed by atoms with E-state index in [1.54, 1.807) is 0 Å². The van der Waals surface area contributed by atoms with Gasteiger partial charge in [-0.1, -0.05) is 40.7 Å². The lowest BCUT2D eigenvalue weighted by molar-refractivity contribution is 0.0949. The molecule has 1 N–H and O–H groups in total. The number of rotatable bonds is 7. The molecule has 0 saturated heterocycles. The fourth-order valence-electron chi connectivity index (χ4n) is 1.76. The SMILES string of the molecule is C=C(Br)CNC(=O)c1ccc(=O)n(CCOc2ccccc2)n1. The molecule has 0 radical (unpaired) electrons. The first-order valence-corrected chi connectivity index (χ1v) is 7.73. The summed E-state index contributed by atoms with van der Waals surface area (Å²) in [5.41, 5.74) is -0.124. The van der Waals surface area contributed by atoms with Crippen LogP contribution in [0.5, 0.6) is 5.75 Å². The molecule has 1 aromatic heterocycles. The first kappa shape index (κ1) is 17.0. The third kappa shape index (κ3) is 5.37. The quantitative estimate of drug-likeness (QED) is 0.800. The lowest BCUT2D eigenvalue weighted by Crippen LogP contribution is -2.31. The zero-order chi connectivity index (χ0) is 16.7. The molecule has 2 aromatic rings. The molecule has 2 rings (SSSR count). The number of amides is 1. The molecule has 1 aromatic carbocycles. The summed E-state index contributed by atoms with van der Waals surface area (Å²) in [7, 11) is 0. The van der Waals surface area contributed by atoms with Crippen LogP contribution >= 0.6 is 15.9 Å². The van der Waals surface area contributed by atoms with Gasteiger partial charge in [0.1, 0.15) is 18.1 Å². The number of carbonyl (C=O) groups excluding carboxylic acids is 1. The molecule has 0 unspecified atom stereocenters. The van der Waals surface area contributed by atoms with Crippen molar-refractivity contribution >= 4 is 21.8 Å². The third-order valence-corrected chi connectivity index (χ3v) is 3.14. The van der Waals surface area contributed by atoms with Crippen molar-refractivity contribution in [2.75, 3.05) is 13.2 Å². The molecule has 6 nitrogen and oxygen atoms in total. The van der Waals surface area contributed by atoms with Crippen molar-refractivity contribution in [1.82, 2.24) is 15.1 Å². The minimum absolute atomic E-state index is 0.165. The van der Waals surface area contributed by atoms with E-state index >= 15 is 0 Å². The van der Waals surface area contributed by atoms with Gasteiger partial charge in [0.05, 0.1) is 6.54 Å². The predicted molar refractivity (Wildman–Crippen MR) is 90.8 cm³/mol. The van der Waals surface area contributed by atoms with E-state index in [4.69, 9.17) is 4.74 Å². The van der Waals surface area contributed by atoms with Gasteiger partial charge in [-0.05, 0) is 18.2 Å². The maximum atomic E-state index is 11.9. The zero-order valence-electron chi connectivity index (χ0n) is 12.4. The summed E-state index contributed by atoms with van der Waals surface area (Å²) in [5.74, 6) is 0.341. The molecule has 0 aliphatic heterocycles. The van der Waals surface area contributed by atoms with Gasteiger partial charge in [0.2, 0.25) is 0 Å². The van der Waals surface area contributed by atoms with Gasteiger partial charge in [-0.2, -0.15) is 5.10 Å². The van der Waals surface area contributed by atoms with Crippen LogP contribution in [0.2, 0.25) is 0 Å². The topological polar surface area (TPSA) is 73.2 Å². The van der Waals surface area contributed by atoms with Gasteiger partial charge in [-0.25, -0.2) is 4.68 Å². The van der Waals surface area contributed by atoms with Gasteiger partial charge in [0, 0.05) is 17.1 Å². The number of hydrogen-bond donors (Lipinski definition) is 1. The van der Waals surface area contributed by atoms with Gasteiger partial charge in [0.15, 0.2) is 0 Å². The summed E-state index contributed by atoms with van der Waals surface area (Å²) in [4.78, 5) is 23.7.